The number of ether oxygens (including phenoxy) is 1. The van der Waals surface area contributed by atoms with Gasteiger partial charge in [0.1, 0.15) is 0 Å². The summed E-state index contributed by atoms with van der Waals surface area (Å²) in [6.45, 7) is 7.76. The third kappa shape index (κ3) is 6.43. The maximum Gasteiger partial charge on any atom is 0.291 e. The lowest BCUT2D eigenvalue weighted by atomic mass is 9.72. The molecule has 12 heteroatoms. The molecule has 49 heavy (non-hydrogen) atoms. The van der Waals surface area contributed by atoms with Gasteiger partial charge in [0, 0.05) is 94.2 Å². The number of piperidine rings is 1. The smallest absolute Gasteiger partial charge is 0.291 e. The van der Waals surface area contributed by atoms with Gasteiger partial charge in [0.25, 0.3) is 5.91 Å². The van der Waals surface area contributed by atoms with Gasteiger partial charge >= 0.3 is 0 Å². The lowest BCUT2D eigenvalue weighted by Crippen LogP contribution is -2.60. The van der Waals surface area contributed by atoms with E-state index in [-0.39, 0.29) is 11.8 Å². The van der Waals surface area contributed by atoms with Crippen LogP contribution in [0.15, 0.2) is 48.5 Å². The molecule has 256 valence electrons. The van der Waals surface area contributed by atoms with E-state index >= 15 is 0 Å². The van der Waals surface area contributed by atoms with E-state index in [2.05, 4.69) is 33.2 Å². The molecule has 0 radical (unpaired) electrons. The Balaban J connectivity index is 1.08. The molecule has 3 aliphatic heterocycles. The maximum atomic E-state index is 13.4. The van der Waals surface area contributed by atoms with Gasteiger partial charge in [-0.05, 0) is 37.4 Å². The Hall–Kier alpha value is -3.96. The first-order valence-corrected chi connectivity index (χ1v) is 17.5. The summed E-state index contributed by atoms with van der Waals surface area (Å²) in [6.07, 6.45) is 2.95. The molecule has 2 saturated heterocycles. The zero-order valence-corrected chi connectivity index (χ0v) is 29.9. The zero-order valence-electron chi connectivity index (χ0n) is 28.4. The Labute approximate surface area is 297 Å². The standard InChI is InChI=1S/C37H41Cl2N7O3/c1-23(47)46-17-14-37(15-18-46)21-45(22-37)19-24-11-12-28(42-36(24)49-4)27-9-5-7-25(32(27)38)26-8-6-10-29(33(26)39)41-35(48)34-40-30-20-43(2)16-13-31(30)44(34)3/h5-12H,13-22H2,1-4H3,(H,41,48). The molecule has 4 aromatic rings. The van der Waals surface area contributed by atoms with Crippen molar-refractivity contribution in [3.05, 3.63) is 81.4 Å². The summed E-state index contributed by atoms with van der Waals surface area (Å²) in [4.78, 5) is 41.2. The van der Waals surface area contributed by atoms with Crippen molar-refractivity contribution in [2.24, 2.45) is 12.5 Å². The third-order valence-electron chi connectivity index (χ3n) is 10.4. The number of anilines is 1. The van der Waals surface area contributed by atoms with Gasteiger partial charge in [-0.1, -0.05) is 59.6 Å². The Bertz CT molecular complexity index is 1930. The van der Waals surface area contributed by atoms with E-state index in [1.807, 2.05) is 52.9 Å². The number of hydrogen-bond donors (Lipinski definition) is 1. The van der Waals surface area contributed by atoms with E-state index < -0.39 is 0 Å². The van der Waals surface area contributed by atoms with Gasteiger partial charge in [-0.25, -0.2) is 9.97 Å². The van der Waals surface area contributed by atoms with Crippen LogP contribution in [0.4, 0.5) is 5.69 Å². The number of nitrogens with one attached hydrogen (secondary N) is 1. The molecule has 2 fully saturated rings. The Morgan fingerprint density at radius 2 is 1.61 bits per heavy atom. The number of carbonyl (C=O) groups excluding carboxylic acids is 2. The minimum absolute atomic E-state index is 0.167. The SMILES string of the molecule is COc1nc(-c2cccc(-c3cccc(NC(=O)c4nc5c(n4C)CCN(C)C5)c3Cl)c2Cl)ccc1CN1CC2(CCN(C(C)=O)CC2)C1. The first-order valence-electron chi connectivity index (χ1n) is 16.7. The van der Waals surface area contributed by atoms with Crippen molar-refractivity contribution >= 4 is 40.7 Å². The zero-order chi connectivity index (χ0) is 34.4. The number of pyridine rings is 1. The van der Waals surface area contributed by atoms with Crippen LogP contribution in [-0.4, -0.2) is 87.9 Å². The number of methoxy groups -OCH3 is 1. The number of likely N-dealkylation sites (tertiary alicyclic amines) is 2. The van der Waals surface area contributed by atoms with Crippen LogP contribution in [0.3, 0.4) is 0 Å². The van der Waals surface area contributed by atoms with Gasteiger partial charge in [0.15, 0.2) is 5.82 Å². The number of likely N-dealkylation sites (N-methyl/N-ethyl adjacent to an activating group) is 1. The summed E-state index contributed by atoms with van der Waals surface area (Å²) in [6, 6.07) is 15.3. The molecular weight excluding hydrogens is 661 g/mol. The highest BCUT2D eigenvalue weighted by Crippen LogP contribution is 2.43. The number of halogens is 2. The normalized spacial score (nSPS) is 17.5. The first-order chi connectivity index (χ1) is 23.6. The van der Waals surface area contributed by atoms with Crippen LogP contribution in [0.25, 0.3) is 22.4 Å². The summed E-state index contributed by atoms with van der Waals surface area (Å²) in [7, 11) is 5.57. The van der Waals surface area contributed by atoms with Crippen LogP contribution in [0.5, 0.6) is 5.88 Å². The number of aromatic nitrogens is 3. The summed E-state index contributed by atoms with van der Waals surface area (Å²) < 4.78 is 7.64. The average molecular weight is 703 g/mol. The minimum atomic E-state index is -0.318. The Kier molecular flexibility index (Phi) is 9.17. The van der Waals surface area contributed by atoms with E-state index in [4.69, 9.17) is 32.9 Å². The van der Waals surface area contributed by atoms with Crippen molar-refractivity contribution in [2.45, 2.75) is 39.3 Å². The topological polar surface area (TPSA) is 95.8 Å². The lowest BCUT2D eigenvalue weighted by Gasteiger charge is -2.54. The van der Waals surface area contributed by atoms with Gasteiger partial charge in [0.05, 0.1) is 34.2 Å². The molecule has 0 bridgehead atoms. The number of rotatable bonds is 7. The number of fused-ring (bicyclic) bond motifs is 1. The third-order valence-corrected chi connectivity index (χ3v) is 11.2. The largest absolute Gasteiger partial charge is 0.481 e. The first kappa shape index (κ1) is 33.5. The van der Waals surface area contributed by atoms with Crippen molar-refractivity contribution in [3.63, 3.8) is 0 Å². The molecule has 2 aromatic heterocycles. The van der Waals surface area contributed by atoms with E-state index in [0.29, 0.717) is 50.7 Å². The van der Waals surface area contributed by atoms with Crippen LogP contribution in [0.2, 0.25) is 10.0 Å². The summed E-state index contributed by atoms with van der Waals surface area (Å²) in [5, 5.41) is 3.86. The average Bonchev–Trinajstić information content (AvgIpc) is 3.40. The quantitative estimate of drug-likeness (QED) is 0.247. The van der Waals surface area contributed by atoms with Crippen LogP contribution in [0.1, 0.15) is 47.3 Å². The number of nitrogens with zero attached hydrogens (tertiary/aromatic N) is 6. The van der Waals surface area contributed by atoms with Gasteiger partial charge in [0.2, 0.25) is 11.8 Å². The van der Waals surface area contributed by atoms with Gasteiger partial charge in [-0.3, -0.25) is 14.5 Å². The molecule has 0 atom stereocenters. The van der Waals surface area contributed by atoms with Crippen molar-refractivity contribution < 1.29 is 14.3 Å². The molecule has 5 heterocycles. The second-order valence-electron chi connectivity index (χ2n) is 13.7. The van der Waals surface area contributed by atoms with Crippen LogP contribution >= 0.6 is 23.2 Å². The summed E-state index contributed by atoms with van der Waals surface area (Å²) >= 11 is 14.0. The number of amides is 2. The van der Waals surface area contributed by atoms with Crippen LogP contribution < -0.4 is 10.1 Å². The molecule has 1 N–H and O–H groups in total. The predicted octanol–water partition coefficient (Wildman–Crippen LogP) is 6.15. The Morgan fingerprint density at radius 1 is 0.918 bits per heavy atom. The second kappa shape index (κ2) is 13.4. The monoisotopic (exact) mass is 701 g/mol. The van der Waals surface area contributed by atoms with Crippen molar-refractivity contribution in [3.8, 4) is 28.3 Å². The summed E-state index contributed by atoms with van der Waals surface area (Å²) in [5.41, 5.74) is 6.66. The van der Waals surface area contributed by atoms with Crippen LogP contribution in [0, 0.1) is 5.41 Å². The number of carbonyl (C=O) groups is 2. The fourth-order valence-electron chi connectivity index (χ4n) is 7.60. The van der Waals surface area contributed by atoms with Crippen LogP contribution in [-0.2, 0) is 31.4 Å². The highest BCUT2D eigenvalue weighted by molar-refractivity contribution is 6.39. The number of imidazole rings is 1. The van der Waals surface area contributed by atoms with E-state index in [1.54, 1.807) is 20.1 Å². The van der Waals surface area contributed by atoms with Gasteiger partial charge in [-0.15, -0.1) is 0 Å². The fourth-order valence-corrected chi connectivity index (χ4v) is 8.20. The number of hydrogen-bond acceptors (Lipinski definition) is 7. The second-order valence-corrected chi connectivity index (χ2v) is 14.4. The molecular formula is C37H41Cl2N7O3. The van der Waals surface area contributed by atoms with Gasteiger partial charge in [-0.2, -0.15) is 0 Å². The summed E-state index contributed by atoms with van der Waals surface area (Å²) in [5.74, 6) is 0.771. The molecule has 7 rings (SSSR count). The Morgan fingerprint density at radius 3 is 2.33 bits per heavy atom. The van der Waals surface area contributed by atoms with Crippen molar-refractivity contribution in [1.82, 2.24) is 29.2 Å². The molecule has 0 saturated carbocycles. The lowest BCUT2D eigenvalue weighted by molar-refractivity contribution is -0.134. The van der Waals surface area contributed by atoms with E-state index in [0.717, 1.165) is 86.6 Å². The molecule has 0 aliphatic carbocycles. The predicted molar refractivity (Wildman–Crippen MR) is 192 cm³/mol. The van der Waals surface area contributed by atoms with Gasteiger partial charge < -0.3 is 24.4 Å². The highest BCUT2D eigenvalue weighted by Gasteiger charge is 2.45. The fraction of sp³-hybridized carbons (Fsp3) is 0.405. The number of benzene rings is 2. The van der Waals surface area contributed by atoms with E-state index in [1.165, 1.54) is 0 Å². The molecule has 2 amide bonds. The minimum Gasteiger partial charge on any atom is -0.481 e. The van der Waals surface area contributed by atoms with Crippen molar-refractivity contribution in [1.29, 1.82) is 0 Å². The van der Waals surface area contributed by atoms with E-state index in [9.17, 15) is 9.59 Å². The molecule has 0 unspecified atom stereocenters. The molecule has 1 spiro atoms. The molecule has 10 nitrogen and oxygen atoms in total. The molecule has 2 aromatic carbocycles. The maximum absolute atomic E-state index is 13.4. The van der Waals surface area contributed by atoms with Crippen molar-refractivity contribution in [2.75, 3.05) is 52.2 Å². The molecule has 3 aliphatic rings. The highest BCUT2D eigenvalue weighted by atomic mass is 35.5.